The molecule has 1 amide bonds. The number of hydrogen-bond donors (Lipinski definition) is 2. The summed E-state index contributed by atoms with van der Waals surface area (Å²) in [4.78, 5) is 17.0. The van der Waals surface area contributed by atoms with Crippen LogP contribution >= 0.6 is 11.3 Å². The molecule has 1 aromatic rings. The topological polar surface area (TPSA) is 68.0 Å². The number of amides is 1. The Hall–Kier alpha value is -0.940. The van der Waals surface area contributed by atoms with Crippen LogP contribution in [0.15, 0.2) is 6.20 Å². The number of nitrogens with two attached hydrogens (primary N) is 1. The highest BCUT2D eigenvalue weighted by molar-refractivity contribution is 7.11. The molecule has 0 spiro atoms. The summed E-state index contributed by atoms with van der Waals surface area (Å²) >= 11 is 1.61. The number of rotatable bonds is 5. The van der Waals surface area contributed by atoms with E-state index in [-0.39, 0.29) is 18.0 Å². The van der Waals surface area contributed by atoms with Gasteiger partial charge >= 0.3 is 0 Å². The highest BCUT2D eigenvalue weighted by Crippen LogP contribution is 2.18. The Labute approximate surface area is 100 Å². The molecule has 1 heterocycles. The van der Waals surface area contributed by atoms with E-state index in [1.807, 2.05) is 27.0 Å². The molecular weight excluding hydrogens is 222 g/mol. The zero-order valence-corrected chi connectivity index (χ0v) is 10.8. The lowest BCUT2D eigenvalue weighted by atomic mass is 10.2. The van der Waals surface area contributed by atoms with E-state index < -0.39 is 0 Å². The summed E-state index contributed by atoms with van der Waals surface area (Å²) in [6.45, 7) is 5.86. The zero-order valence-electron chi connectivity index (χ0n) is 9.99. The highest BCUT2D eigenvalue weighted by Gasteiger charge is 2.12. The number of nitrogens with zero attached hydrogens (tertiary/aromatic N) is 1. The molecule has 0 radical (unpaired) electrons. The molecule has 0 aliphatic heterocycles. The summed E-state index contributed by atoms with van der Waals surface area (Å²) in [6, 6.07) is 0.0578. The van der Waals surface area contributed by atoms with E-state index in [9.17, 15) is 4.79 Å². The Kier molecular flexibility index (Phi) is 4.89. The minimum Gasteiger partial charge on any atom is -0.347 e. The van der Waals surface area contributed by atoms with Crippen molar-refractivity contribution in [3.05, 3.63) is 16.1 Å². The molecule has 0 aromatic carbocycles. The van der Waals surface area contributed by atoms with Gasteiger partial charge in [0.25, 0.3) is 0 Å². The molecule has 0 saturated heterocycles. The second kappa shape index (κ2) is 5.96. The molecular formula is C11H19N3OS. The van der Waals surface area contributed by atoms with Crippen LogP contribution in [0.2, 0.25) is 0 Å². The number of carbonyl (C=O) groups is 1. The van der Waals surface area contributed by atoms with Crippen molar-refractivity contribution in [2.24, 2.45) is 5.73 Å². The molecule has 0 aliphatic carbocycles. The molecule has 0 aliphatic rings. The molecule has 2 atom stereocenters. The quantitative estimate of drug-likeness (QED) is 0.825. The molecule has 4 nitrogen and oxygen atoms in total. The Bertz CT molecular complexity index is 349. The normalized spacial score (nSPS) is 14.5. The van der Waals surface area contributed by atoms with Crippen LogP contribution in [-0.2, 0) is 4.79 Å². The van der Waals surface area contributed by atoms with Crippen molar-refractivity contribution in [3.63, 3.8) is 0 Å². The van der Waals surface area contributed by atoms with Crippen molar-refractivity contribution < 1.29 is 4.79 Å². The van der Waals surface area contributed by atoms with Gasteiger partial charge in [-0.3, -0.25) is 4.79 Å². The molecule has 0 bridgehead atoms. The number of hydrogen-bond acceptors (Lipinski definition) is 4. The second-order valence-electron chi connectivity index (χ2n) is 4.11. The van der Waals surface area contributed by atoms with Crippen LogP contribution in [0.1, 0.15) is 42.6 Å². The van der Waals surface area contributed by atoms with Gasteiger partial charge in [0.1, 0.15) is 5.01 Å². The van der Waals surface area contributed by atoms with Gasteiger partial charge in [-0.1, -0.05) is 0 Å². The third-order valence-electron chi connectivity index (χ3n) is 2.21. The molecule has 1 aromatic heterocycles. The Morgan fingerprint density at radius 2 is 2.31 bits per heavy atom. The first kappa shape index (κ1) is 13.1. The van der Waals surface area contributed by atoms with E-state index >= 15 is 0 Å². The van der Waals surface area contributed by atoms with Crippen molar-refractivity contribution in [2.75, 3.05) is 0 Å². The van der Waals surface area contributed by atoms with Gasteiger partial charge in [0.05, 0.1) is 6.04 Å². The predicted octanol–water partition coefficient (Wildman–Crippen LogP) is 1.76. The van der Waals surface area contributed by atoms with E-state index in [2.05, 4.69) is 10.3 Å². The van der Waals surface area contributed by atoms with Crippen molar-refractivity contribution >= 4 is 17.2 Å². The van der Waals surface area contributed by atoms with Gasteiger partial charge in [0.2, 0.25) is 5.91 Å². The van der Waals surface area contributed by atoms with Crippen molar-refractivity contribution in [2.45, 2.75) is 45.7 Å². The third kappa shape index (κ3) is 4.28. The van der Waals surface area contributed by atoms with E-state index in [1.54, 1.807) is 11.3 Å². The Morgan fingerprint density at radius 1 is 1.62 bits per heavy atom. The van der Waals surface area contributed by atoms with Gasteiger partial charge in [0.15, 0.2) is 0 Å². The van der Waals surface area contributed by atoms with Crippen LogP contribution in [0.25, 0.3) is 0 Å². The van der Waals surface area contributed by atoms with E-state index in [0.717, 1.165) is 16.3 Å². The second-order valence-corrected chi connectivity index (χ2v) is 5.38. The van der Waals surface area contributed by atoms with Crippen molar-refractivity contribution in [1.82, 2.24) is 10.3 Å². The maximum Gasteiger partial charge on any atom is 0.220 e. The van der Waals surface area contributed by atoms with Gasteiger partial charge in [-0.15, -0.1) is 11.3 Å². The monoisotopic (exact) mass is 241 g/mol. The predicted molar refractivity (Wildman–Crippen MR) is 66.3 cm³/mol. The van der Waals surface area contributed by atoms with Crippen LogP contribution in [0, 0.1) is 6.92 Å². The van der Waals surface area contributed by atoms with Gasteiger partial charge < -0.3 is 11.1 Å². The Morgan fingerprint density at radius 3 is 2.81 bits per heavy atom. The first-order valence-corrected chi connectivity index (χ1v) is 6.28. The van der Waals surface area contributed by atoms with Crippen LogP contribution in [0.3, 0.4) is 0 Å². The van der Waals surface area contributed by atoms with Crippen LogP contribution in [0.5, 0.6) is 0 Å². The van der Waals surface area contributed by atoms with Crippen LogP contribution in [0.4, 0.5) is 0 Å². The van der Waals surface area contributed by atoms with Crippen molar-refractivity contribution in [3.8, 4) is 0 Å². The molecule has 5 heteroatoms. The number of nitrogens with one attached hydrogen (secondary N) is 1. The summed E-state index contributed by atoms with van der Waals surface area (Å²) in [7, 11) is 0. The van der Waals surface area contributed by atoms with Gasteiger partial charge in [-0.2, -0.15) is 0 Å². The standard InChI is InChI=1S/C11H19N3OS/c1-7(12)4-5-10(15)14-9(3)11-13-6-8(2)16-11/h6-7,9H,4-5,12H2,1-3H3,(H,14,15). The fraction of sp³-hybridized carbons (Fsp3) is 0.636. The summed E-state index contributed by atoms with van der Waals surface area (Å²) in [5.74, 6) is 0.0395. The molecule has 1 rings (SSSR count). The largest absolute Gasteiger partial charge is 0.347 e. The number of carbonyl (C=O) groups excluding carboxylic acids is 1. The Balaban J connectivity index is 2.39. The van der Waals surface area contributed by atoms with Crippen LogP contribution < -0.4 is 11.1 Å². The smallest absolute Gasteiger partial charge is 0.220 e. The maximum atomic E-state index is 11.5. The minimum absolute atomic E-state index is 0.0146. The molecule has 90 valence electrons. The third-order valence-corrected chi connectivity index (χ3v) is 3.31. The van der Waals surface area contributed by atoms with Gasteiger partial charge in [-0.05, 0) is 27.2 Å². The SMILES string of the molecule is Cc1cnc(C(C)NC(=O)CCC(C)N)s1. The molecule has 2 unspecified atom stereocenters. The fourth-order valence-electron chi connectivity index (χ4n) is 1.31. The van der Waals surface area contributed by atoms with E-state index in [1.165, 1.54) is 0 Å². The first-order valence-electron chi connectivity index (χ1n) is 5.46. The van der Waals surface area contributed by atoms with Gasteiger partial charge in [-0.25, -0.2) is 4.98 Å². The number of aryl methyl sites for hydroxylation is 1. The molecule has 3 N–H and O–H groups in total. The summed E-state index contributed by atoms with van der Waals surface area (Å²) in [5.41, 5.74) is 5.60. The lowest BCUT2D eigenvalue weighted by molar-refractivity contribution is -0.121. The molecule has 0 fully saturated rings. The zero-order chi connectivity index (χ0) is 12.1. The average Bonchev–Trinajstić information content (AvgIpc) is 2.62. The minimum atomic E-state index is -0.0146. The summed E-state index contributed by atoms with van der Waals surface area (Å²) in [5, 5.41) is 3.87. The number of aromatic nitrogens is 1. The molecule has 16 heavy (non-hydrogen) atoms. The summed E-state index contributed by atoms with van der Waals surface area (Å²) in [6.07, 6.45) is 3.02. The lowest BCUT2D eigenvalue weighted by Crippen LogP contribution is -2.28. The van der Waals surface area contributed by atoms with Crippen molar-refractivity contribution in [1.29, 1.82) is 0 Å². The maximum absolute atomic E-state index is 11.5. The van der Waals surface area contributed by atoms with Gasteiger partial charge in [0, 0.05) is 23.5 Å². The average molecular weight is 241 g/mol. The summed E-state index contributed by atoms with van der Waals surface area (Å²) < 4.78 is 0. The molecule has 0 saturated carbocycles. The van der Waals surface area contributed by atoms with E-state index in [0.29, 0.717) is 6.42 Å². The van der Waals surface area contributed by atoms with Crippen LogP contribution in [-0.4, -0.2) is 16.9 Å². The lowest BCUT2D eigenvalue weighted by Gasteiger charge is -2.11. The fourth-order valence-corrected chi connectivity index (χ4v) is 2.08. The first-order chi connectivity index (χ1) is 7.49. The number of thiazole rings is 1. The van der Waals surface area contributed by atoms with E-state index in [4.69, 9.17) is 5.73 Å². The highest BCUT2D eigenvalue weighted by atomic mass is 32.1.